The van der Waals surface area contributed by atoms with E-state index >= 15 is 0 Å². The largest absolute Gasteiger partial charge is 0.507 e. The number of methoxy groups -OCH3 is 4. The fourth-order valence-electron chi connectivity index (χ4n) is 3.57. The predicted octanol–water partition coefficient (Wildman–Crippen LogP) is 2.91. The summed E-state index contributed by atoms with van der Waals surface area (Å²) < 4.78 is 35.1. The SMILES string of the molecule is COc1ccc(/C(O)=C2\C(=O)C(=O)N(C)C2c2cc(OC)c(OC)c(OC)c2)cc1F. The van der Waals surface area contributed by atoms with Crippen LogP contribution in [0.15, 0.2) is 35.9 Å². The molecule has 2 aromatic rings. The Balaban J connectivity index is 2.23. The quantitative estimate of drug-likeness (QED) is 0.427. The van der Waals surface area contributed by atoms with Crippen LogP contribution in [0.25, 0.3) is 5.76 Å². The van der Waals surface area contributed by atoms with E-state index in [-0.39, 0.29) is 16.9 Å². The maximum absolute atomic E-state index is 14.2. The first-order valence-electron chi connectivity index (χ1n) is 9.17. The summed E-state index contributed by atoms with van der Waals surface area (Å²) in [7, 11) is 7.06. The Bertz CT molecular complexity index is 1050. The van der Waals surface area contributed by atoms with Crippen LogP contribution in [0.1, 0.15) is 17.2 Å². The van der Waals surface area contributed by atoms with Crippen LogP contribution in [0, 0.1) is 5.82 Å². The molecule has 0 saturated carbocycles. The number of aliphatic hydroxyl groups is 1. The molecule has 9 heteroatoms. The highest BCUT2D eigenvalue weighted by Gasteiger charge is 2.44. The van der Waals surface area contributed by atoms with E-state index in [0.717, 1.165) is 6.07 Å². The first-order chi connectivity index (χ1) is 14.8. The van der Waals surface area contributed by atoms with Crippen LogP contribution in [0.4, 0.5) is 4.39 Å². The number of aliphatic hydroxyl groups excluding tert-OH is 1. The molecule has 1 amide bonds. The molecule has 0 spiro atoms. The zero-order valence-corrected chi connectivity index (χ0v) is 17.7. The van der Waals surface area contributed by atoms with E-state index in [9.17, 15) is 19.1 Å². The average molecular weight is 431 g/mol. The normalized spacial score (nSPS) is 17.6. The summed E-state index contributed by atoms with van der Waals surface area (Å²) in [4.78, 5) is 26.4. The highest BCUT2D eigenvalue weighted by atomic mass is 19.1. The van der Waals surface area contributed by atoms with E-state index in [1.165, 1.54) is 52.5 Å². The van der Waals surface area contributed by atoms with Crippen LogP contribution >= 0.6 is 0 Å². The number of nitrogens with zero attached hydrogens (tertiary/aromatic N) is 1. The summed E-state index contributed by atoms with van der Waals surface area (Å²) in [6.45, 7) is 0. The van der Waals surface area contributed by atoms with Crippen molar-refractivity contribution in [3.05, 3.63) is 52.8 Å². The Morgan fingerprint density at radius 3 is 2.00 bits per heavy atom. The van der Waals surface area contributed by atoms with Gasteiger partial charge in [0.25, 0.3) is 11.7 Å². The molecule has 31 heavy (non-hydrogen) atoms. The van der Waals surface area contributed by atoms with E-state index in [0.29, 0.717) is 22.8 Å². The molecule has 8 nitrogen and oxygen atoms in total. The summed E-state index contributed by atoms with van der Waals surface area (Å²) >= 11 is 0. The molecule has 1 saturated heterocycles. The number of halogens is 1. The number of Topliss-reactive ketones (excluding diaryl/α,β-unsaturated/α-hetero) is 1. The minimum Gasteiger partial charge on any atom is -0.507 e. The third-order valence-electron chi connectivity index (χ3n) is 5.10. The molecule has 2 aromatic carbocycles. The standard InChI is InChI=1S/C22H22FNO7/c1-24-18(12-9-15(29-3)21(31-5)16(10-12)30-4)17(20(26)22(24)27)19(25)11-6-7-14(28-2)13(23)8-11/h6-10,18,25H,1-5H3/b19-17+. The van der Waals surface area contributed by atoms with Gasteiger partial charge < -0.3 is 29.0 Å². The van der Waals surface area contributed by atoms with Gasteiger partial charge in [-0.2, -0.15) is 0 Å². The van der Waals surface area contributed by atoms with Crippen LogP contribution in [0.3, 0.4) is 0 Å². The number of rotatable bonds is 6. The minimum atomic E-state index is -0.959. The van der Waals surface area contributed by atoms with Gasteiger partial charge in [0, 0.05) is 12.6 Å². The van der Waals surface area contributed by atoms with Gasteiger partial charge >= 0.3 is 0 Å². The van der Waals surface area contributed by atoms with Crippen molar-refractivity contribution in [2.75, 3.05) is 35.5 Å². The van der Waals surface area contributed by atoms with Crippen molar-refractivity contribution in [1.29, 1.82) is 0 Å². The van der Waals surface area contributed by atoms with Crippen LogP contribution in [-0.4, -0.2) is 57.2 Å². The van der Waals surface area contributed by atoms with Gasteiger partial charge in [0.2, 0.25) is 5.75 Å². The van der Waals surface area contributed by atoms with Gasteiger partial charge in [-0.1, -0.05) is 0 Å². The topological polar surface area (TPSA) is 94.5 Å². The molecule has 1 atom stereocenters. The van der Waals surface area contributed by atoms with Gasteiger partial charge in [-0.15, -0.1) is 0 Å². The second-order valence-corrected chi connectivity index (χ2v) is 6.72. The van der Waals surface area contributed by atoms with E-state index < -0.39 is 29.3 Å². The highest BCUT2D eigenvalue weighted by Crippen LogP contribution is 2.45. The Labute approximate surface area is 178 Å². The molecule has 0 bridgehead atoms. The monoisotopic (exact) mass is 431 g/mol. The fourth-order valence-corrected chi connectivity index (χ4v) is 3.57. The molecule has 1 heterocycles. The number of likely N-dealkylation sites (N-methyl/N-ethyl adjacent to an activating group) is 1. The molecule has 1 fully saturated rings. The first kappa shape index (κ1) is 21.9. The van der Waals surface area contributed by atoms with Crippen LogP contribution in [-0.2, 0) is 9.59 Å². The molecular formula is C22H22FNO7. The van der Waals surface area contributed by atoms with E-state index in [4.69, 9.17) is 18.9 Å². The van der Waals surface area contributed by atoms with Crippen LogP contribution in [0.5, 0.6) is 23.0 Å². The molecular weight excluding hydrogens is 409 g/mol. The molecule has 3 rings (SSSR count). The van der Waals surface area contributed by atoms with Crippen molar-refractivity contribution in [2.45, 2.75) is 6.04 Å². The maximum Gasteiger partial charge on any atom is 0.295 e. The van der Waals surface area contributed by atoms with Crippen LogP contribution in [0.2, 0.25) is 0 Å². The fraction of sp³-hybridized carbons (Fsp3) is 0.273. The summed E-state index contributed by atoms with van der Waals surface area (Å²) in [5.74, 6) is -2.00. The molecule has 1 aliphatic rings. The van der Waals surface area contributed by atoms with Gasteiger partial charge in [0.15, 0.2) is 23.1 Å². The zero-order chi connectivity index (χ0) is 22.9. The van der Waals surface area contributed by atoms with E-state index in [1.807, 2.05) is 0 Å². The number of carbonyl (C=O) groups excluding carboxylic acids is 2. The third-order valence-corrected chi connectivity index (χ3v) is 5.10. The lowest BCUT2D eigenvalue weighted by Gasteiger charge is -2.23. The lowest BCUT2D eigenvalue weighted by molar-refractivity contribution is -0.139. The molecule has 0 aromatic heterocycles. The Morgan fingerprint density at radius 1 is 0.935 bits per heavy atom. The minimum absolute atomic E-state index is 0.0197. The van der Waals surface area contributed by atoms with Crippen molar-refractivity contribution in [2.24, 2.45) is 0 Å². The molecule has 1 unspecified atom stereocenters. The predicted molar refractivity (Wildman–Crippen MR) is 109 cm³/mol. The van der Waals surface area contributed by atoms with Gasteiger partial charge in [0.1, 0.15) is 5.76 Å². The van der Waals surface area contributed by atoms with Gasteiger partial charge in [-0.25, -0.2) is 4.39 Å². The van der Waals surface area contributed by atoms with Crippen LogP contribution < -0.4 is 18.9 Å². The average Bonchev–Trinajstić information content (AvgIpc) is 3.01. The van der Waals surface area contributed by atoms with Gasteiger partial charge in [-0.3, -0.25) is 9.59 Å². The van der Waals surface area contributed by atoms with Crippen molar-refractivity contribution in [3.63, 3.8) is 0 Å². The summed E-state index contributed by atoms with van der Waals surface area (Å²) in [6.07, 6.45) is 0. The van der Waals surface area contributed by atoms with E-state index in [1.54, 1.807) is 12.1 Å². The Hall–Kier alpha value is -3.75. The smallest absolute Gasteiger partial charge is 0.295 e. The second-order valence-electron chi connectivity index (χ2n) is 6.72. The molecule has 164 valence electrons. The maximum atomic E-state index is 14.2. The van der Waals surface area contributed by atoms with Crippen molar-refractivity contribution >= 4 is 17.4 Å². The molecule has 1 aliphatic heterocycles. The lowest BCUT2D eigenvalue weighted by atomic mass is 9.94. The number of ketones is 1. The third kappa shape index (κ3) is 3.63. The zero-order valence-electron chi connectivity index (χ0n) is 17.7. The first-order valence-corrected chi connectivity index (χ1v) is 9.17. The van der Waals surface area contributed by atoms with Crippen molar-refractivity contribution in [3.8, 4) is 23.0 Å². The summed E-state index contributed by atoms with van der Waals surface area (Å²) in [5.41, 5.74) is 0.278. The second kappa shape index (κ2) is 8.55. The Kier molecular flexibility index (Phi) is 6.05. The molecule has 0 radical (unpaired) electrons. The van der Waals surface area contributed by atoms with Crippen molar-refractivity contribution < 1.29 is 38.0 Å². The highest BCUT2D eigenvalue weighted by molar-refractivity contribution is 6.46. The molecule has 1 N–H and O–H groups in total. The Morgan fingerprint density at radius 2 is 1.52 bits per heavy atom. The number of ether oxygens (including phenoxy) is 4. The summed E-state index contributed by atoms with van der Waals surface area (Å²) in [6, 6.07) is 5.95. The number of benzene rings is 2. The number of likely N-dealkylation sites (tertiary alicyclic amines) is 1. The van der Waals surface area contributed by atoms with Gasteiger partial charge in [-0.05, 0) is 35.9 Å². The lowest BCUT2D eigenvalue weighted by Crippen LogP contribution is -2.25. The molecule has 0 aliphatic carbocycles. The van der Waals surface area contributed by atoms with Gasteiger partial charge in [0.05, 0.1) is 40.1 Å². The van der Waals surface area contributed by atoms with E-state index in [2.05, 4.69) is 0 Å². The number of amides is 1. The van der Waals surface area contributed by atoms with Crippen molar-refractivity contribution in [1.82, 2.24) is 4.90 Å². The number of carbonyl (C=O) groups is 2. The number of hydrogen-bond donors (Lipinski definition) is 1. The summed E-state index contributed by atoms with van der Waals surface area (Å²) in [5, 5.41) is 10.9. The number of hydrogen-bond acceptors (Lipinski definition) is 7.